The van der Waals surface area contributed by atoms with Gasteiger partial charge in [0.25, 0.3) is 0 Å². The second-order valence-corrected chi connectivity index (χ2v) is 13.0. The molecule has 5 heteroatoms. The molecular formula is C29H33F3OSi. The standard InChI is InChI=1S/C29H33F3OSi/c1-33-15-2-16-34-17-13-23(14-18-34)25-10-11-26(28(31)20-25)24-8-5-21(6-9-24)3-4-22-7-12-27(30)29(32)19-22/h5-12,19-20,23,34H,2-4,13-18H2,1H3. The first-order valence-corrected chi connectivity index (χ1v) is 14.8. The summed E-state index contributed by atoms with van der Waals surface area (Å²) in [7, 11) is 1.13. The molecule has 0 bridgehead atoms. The maximum absolute atomic E-state index is 15.0. The highest BCUT2D eigenvalue weighted by molar-refractivity contribution is 6.59. The molecule has 0 atom stereocenters. The lowest BCUT2D eigenvalue weighted by Gasteiger charge is -2.28. The Morgan fingerprint density at radius 2 is 1.50 bits per heavy atom. The zero-order valence-electron chi connectivity index (χ0n) is 19.8. The number of benzene rings is 3. The van der Waals surface area contributed by atoms with Crippen LogP contribution < -0.4 is 0 Å². The molecular weight excluding hydrogens is 449 g/mol. The molecule has 3 aromatic carbocycles. The van der Waals surface area contributed by atoms with E-state index in [1.54, 1.807) is 19.2 Å². The van der Waals surface area contributed by atoms with Crippen molar-refractivity contribution < 1.29 is 17.9 Å². The molecule has 0 aromatic heterocycles. The first-order chi connectivity index (χ1) is 16.5. The van der Waals surface area contributed by atoms with E-state index in [9.17, 15) is 8.78 Å². The predicted octanol–water partition coefficient (Wildman–Crippen LogP) is 7.70. The lowest BCUT2D eigenvalue weighted by atomic mass is 9.91. The van der Waals surface area contributed by atoms with E-state index in [1.165, 1.54) is 43.5 Å². The highest BCUT2D eigenvalue weighted by Crippen LogP contribution is 2.36. The van der Waals surface area contributed by atoms with Gasteiger partial charge in [0.05, 0.1) is 0 Å². The lowest BCUT2D eigenvalue weighted by Crippen LogP contribution is -2.20. The Labute approximate surface area is 202 Å². The van der Waals surface area contributed by atoms with Gasteiger partial charge in [0.15, 0.2) is 11.6 Å². The van der Waals surface area contributed by atoms with Crippen LogP contribution in [0.2, 0.25) is 18.1 Å². The molecule has 34 heavy (non-hydrogen) atoms. The Bertz CT molecular complexity index is 1080. The molecule has 4 rings (SSSR count). The van der Waals surface area contributed by atoms with E-state index in [2.05, 4.69) is 6.07 Å². The van der Waals surface area contributed by atoms with Crippen molar-refractivity contribution in [1.29, 1.82) is 0 Å². The molecule has 1 saturated heterocycles. The molecule has 1 aliphatic rings. The van der Waals surface area contributed by atoms with Crippen LogP contribution in [0, 0.1) is 17.5 Å². The van der Waals surface area contributed by atoms with Crippen molar-refractivity contribution in [3.05, 3.63) is 94.8 Å². The van der Waals surface area contributed by atoms with Gasteiger partial charge in [-0.1, -0.05) is 60.6 Å². The molecule has 3 aromatic rings. The fourth-order valence-corrected chi connectivity index (χ4v) is 8.51. The maximum atomic E-state index is 15.0. The minimum absolute atomic E-state index is 0.161. The van der Waals surface area contributed by atoms with Crippen LogP contribution in [0.5, 0.6) is 0 Å². The second-order valence-electron chi connectivity index (χ2n) is 9.54. The summed E-state index contributed by atoms with van der Waals surface area (Å²) in [5.41, 5.74) is 4.45. The molecule has 0 aliphatic carbocycles. The summed E-state index contributed by atoms with van der Waals surface area (Å²) >= 11 is 0. The second kappa shape index (κ2) is 11.9. The fourth-order valence-electron chi connectivity index (χ4n) is 5.15. The number of hydrogen-bond donors (Lipinski definition) is 0. The third kappa shape index (κ3) is 6.39. The van der Waals surface area contributed by atoms with Crippen LogP contribution in [0.15, 0.2) is 60.7 Å². The van der Waals surface area contributed by atoms with E-state index in [1.807, 2.05) is 30.3 Å². The van der Waals surface area contributed by atoms with Crippen LogP contribution in [-0.2, 0) is 17.6 Å². The monoisotopic (exact) mass is 482 g/mol. The average molecular weight is 483 g/mol. The van der Waals surface area contributed by atoms with E-state index in [0.29, 0.717) is 24.3 Å². The highest BCUT2D eigenvalue weighted by atomic mass is 28.3. The van der Waals surface area contributed by atoms with Gasteiger partial charge < -0.3 is 4.74 Å². The van der Waals surface area contributed by atoms with Crippen LogP contribution >= 0.6 is 0 Å². The van der Waals surface area contributed by atoms with Crippen LogP contribution in [0.25, 0.3) is 11.1 Å². The SMILES string of the molecule is COCCC[SiH]1CCC(c2ccc(-c3ccc(CCc4ccc(F)c(F)c4)cc3)c(F)c2)CC1. The van der Waals surface area contributed by atoms with E-state index in [4.69, 9.17) is 4.74 Å². The minimum Gasteiger partial charge on any atom is -0.385 e. The lowest BCUT2D eigenvalue weighted by molar-refractivity contribution is 0.199. The Kier molecular flexibility index (Phi) is 8.62. The van der Waals surface area contributed by atoms with Gasteiger partial charge in [0, 0.05) is 28.1 Å². The number of aryl methyl sites for hydroxylation is 2. The fraction of sp³-hybridized carbons (Fsp3) is 0.379. The molecule has 0 unspecified atom stereocenters. The van der Waals surface area contributed by atoms with Gasteiger partial charge >= 0.3 is 0 Å². The Hall–Kier alpha value is -2.37. The molecule has 0 spiro atoms. The molecule has 0 amide bonds. The summed E-state index contributed by atoms with van der Waals surface area (Å²) in [5, 5.41) is 0. The smallest absolute Gasteiger partial charge is 0.159 e. The van der Waals surface area contributed by atoms with Gasteiger partial charge in [0.1, 0.15) is 5.82 Å². The molecule has 1 heterocycles. The Morgan fingerprint density at radius 1 is 0.794 bits per heavy atom. The third-order valence-corrected chi connectivity index (χ3v) is 10.7. The third-order valence-electron chi connectivity index (χ3n) is 7.22. The molecule has 0 N–H and O–H groups in total. The summed E-state index contributed by atoms with van der Waals surface area (Å²) in [4.78, 5) is 0. The van der Waals surface area contributed by atoms with Gasteiger partial charge in [0.2, 0.25) is 0 Å². The predicted molar refractivity (Wildman–Crippen MR) is 136 cm³/mol. The van der Waals surface area contributed by atoms with E-state index < -0.39 is 20.4 Å². The minimum atomic E-state index is -0.825. The largest absolute Gasteiger partial charge is 0.385 e. The van der Waals surface area contributed by atoms with Crippen molar-refractivity contribution in [2.45, 2.75) is 56.2 Å². The Morgan fingerprint density at radius 3 is 2.18 bits per heavy atom. The first kappa shape index (κ1) is 24.7. The highest BCUT2D eigenvalue weighted by Gasteiger charge is 2.23. The maximum Gasteiger partial charge on any atom is 0.159 e. The van der Waals surface area contributed by atoms with Gasteiger partial charge in [-0.3, -0.25) is 0 Å². The zero-order valence-corrected chi connectivity index (χ0v) is 21.0. The average Bonchev–Trinajstić information content (AvgIpc) is 2.86. The van der Waals surface area contributed by atoms with E-state index >= 15 is 4.39 Å². The van der Waals surface area contributed by atoms with Crippen molar-refractivity contribution in [3.8, 4) is 11.1 Å². The number of halogens is 3. The van der Waals surface area contributed by atoms with Gasteiger partial charge in [-0.05, 0) is 78.5 Å². The summed E-state index contributed by atoms with van der Waals surface area (Å²) in [6.07, 6.45) is 4.90. The van der Waals surface area contributed by atoms with Crippen molar-refractivity contribution in [2.24, 2.45) is 0 Å². The number of rotatable bonds is 9. The summed E-state index contributed by atoms with van der Waals surface area (Å²) in [6, 6.07) is 21.7. The van der Waals surface area contributed by atoms with Crippen molar-refractivity contribution >= 4 is 8.80 Å². The van der Waals surface area contributed by atoms with Gasteiger partial charge in [-0.25, -0.2) is 13.2 Å². The van der Waals surface area contributed by atoms with Crippen LogP contribution in [-0.4, -0.2) is 22.5 Å². The van der Waals surface area contributed by atoms with Gasteiger partial charge in [-0.15, -0.1) is 0 Å². The topological polar surface area (TPSA) is 9.23 Å². The van der Waals surface area contributed by atoms with Crippen LogP contribution in [0.4, 0.5) is 13.2 Å². The van der Waals surface area contributed by atoms with Crippen LogP contribution in [0.1, 0.15) is 41.9 Å². The molecule has 0 radical (unpaired) electrons. The number of methoxy groups -OCH3 is 1. The Balaban J connectivity index is 1.34. The summed E-state index contributed by atoms with van der Waals surface area (Å²) in [6.45, 7) is 0.870. The van der Waals surface area contributed by atoms with E-state index in [-0.39, 0.29) is 5.82 Å². The molecule has 1 fully saturated rings. The van der Waals surface area contributed by atoms with Crippen LogP contribution in [0.3, 0.4) is 0 Å². The molecule has 1 nitrogen and oxygen atoms in total. The van der Waals surface area contributed by atoms with Crippen molar-refractivity contribution in [3.63, 3.8) is 0 Å². The normalized spacial score (nSPS) is 18.2. The first-order valence-electron chi connectivity index (χ1n) is 12.3. The number of ether oxygens (including phenoxy) is 1. The molecule has 1 aliphatic heterocycles. The zero-order chi connectivity index (χ0) is 23.9. The molecule has 180 valence electrons. The van der Waals surface area contributed by atoms with Crippen molar-refractivity contribution in [2.75, 3.05) is 13.7 Å². The quantitative estimate of drug-likeness (QED) is 0.224. The van der Waals surface area contributed by atoms with E-state index in [0.717, 1.165) is 34.9 Å². The number of hydrogen-bond acceptors (Lipinski definition) is 1. The van der Waals surface area contributed by atoms with Crippen molar-refractivity contribution in [1.82, 2.24) is 0 Å². The summed E-state index contributed by atoms with van der Waals surface area (Å²) in [5.74, 6) is -1.32. The van der Waals surface area contributed by atoms with Gasteiger partial charge in [-0.2, -0.15) is 0 Å². The molecule has 0 saturated carbocycles. The summed E-state index contributed by atoms with van der Waals surface area (Å²) < 4.78 is 46.7.